The van der Waals surface area contributed by atoms with Crippen molar-refractivity contribution in [1.82, 2.24) is 15.3 Å². The van der Waals surface area contributed by atoms with Gasteiger partial charge < -0.3 is 10.3 Å². The van der Waals surface area contributed by atoms with Gasteiger partial charge in [-0.2, -0.15) is 0 Å². The number of imidazole rings is 1. The van der Waals surface area contributed by atoms with Crippen molar-refractivity contribution in [2.75, 3.05) is 6.54 Å². The van der Waals surface area contributed by atoms with Gasteiger partial charge in [0.2, 0.25) is 0 Å². The van der Waals surface area contributed by atoms with E-state index in [-0.39, 0.29) is 0 Å². The molecule has 0 unspecified atom stereocenters. The number of benzene rings is 2. The third-order valence-corrected chi connectivity index (χ3v) is 3.42. The number of aromatic amines is 1. The first kappa shape index (κ1) is 12.9. The molecule has 0 bridgehead atoms. The van der Waals surface area contributed by atoms with Gasteiger partial charge in [-0.1, -0.05) is 49.4 Å². The maximum absolute atomic E-state index is 4.52. The van der Waals surface area contributed by atoms with Crippen molar-refractivity contribution in [2.24, 2.45) is 0 Å². The zero-order chi connectivity index (χ0) is 13.8. The van der Waals surface area contributed by atoms with E-state index in [1.54, 1.807) is 0 Å². The Hall–Kier alpha value is -2.13. The van der Waals surface area contributed by atoms with Gasteiger partial charge in [0, 0.05) is 24.0 Å². The van der Waals surface area contributed by atoms with E-state index < -0.39 is 0 Å². The van der Waals surface area contributed by atoms with E-state index in [2.05, 4.69) is 64.7 Å². The van der Waals surface area contributed by atoms with Crippen LogP contribution in [0.3, 0.4) is 0 Å². The monoisotopic (exact) mass is 265 g/mol. The van der Waals surface area contributed by atoms with Gasteiger partial charge in [-0.15, -0.1) is 0 Å². The Morgan fingerprint density at radius 1 is 1.10 bits per heavy atom. The topological polar surface area (TPSA) is 40.7 Å². The van der Waals surface area contributed by atoms with Gasteiger partial charge in [-0.05, 0) is 23.7 Å². The minimum Gasteiger partial charge on any atom is -0.341 e. The van der Waals surface area contributed by atoms with Crippen molar-refractivity contribution in [3.63, 3.8) is 0 Å². The van der Waals surface area contributed by atoms with Gasteiger partial charge in [-0.25, -0.2) is 4.98 Å². The van der Waals surface area contributed by atoms with Crippen LogP contribution < -0.4 is 5.32 Å². The molecule has 2 N–H and O–H groups in total. The summed E-state index contributed by atoms with van der Waals surface area (Å²) in [7, 11) is 0. The lowest BCUT2D eigenvalue weighted by Crippen LogP contribution is -2.13. The summed E-state index contributed by atoms with van der Waals surface area (Å²) in [5.41, 5.74) is 2.28. The molecule has 0 atom stereocenters. The van der Waals surface area contributed by atoms with Crippen molar-refractivity contribution in [3.8, 4) is 11.4 Å². The second-order valence-corrected chi connectivity index (χ2v) is 4.96. The third kappa shape index (κ3) is 2.58. The van der Waals surface area contributed by atoms with Crippen molar-refractivity contribution in [3.05, 3.63) is 54.4 Å². The first-order valence-electron chi connectivity index (χ1n) is 7.11. The SMILES string of the molecule is CCCNCc1cnc(-c2cccc3ccccc23)[nH]1. The lowest BCUT2D eigenvalue weighted by atomic mass is 10.0. The van der Waals surface area contributed by atoms with Crippen LogP contribution in [-0.2, 0) is 6.54 Å². The summed E-state index contributed by atoms with van der Waals surface area (Å²) >= 11 is 0. The van der Waals surface area contributed by atoms with Crippen molar-refractivity contribution in [2.45, 2.75) is 19.9 Å². The van der Waals surface area contributed by atoms with E-state index in [0.717, 1.165) is 36.6 Å². The van der Waals surface area contributed by atoms with Gasteiger partial charge in [-0.3, -0.25) is 0 Å². The van der Waals surface area contributed by atoms with E-state index in [9.17, 15) is 0 Å². The molecule has 0 aliphatic carbocycles. The predicted molar refractivity (Wildman–Crippen MR) is 83.5 cm³/mol. The number of aromatic nitrogens is 2. The number of nitrogens with one attached hydrogen (secondary N) is 2. The number of fused-ring (bicyclic) bond motifs is 1. The molecule has 1 aromatic heterocycles. The van der Waals surface area contributed by atoms with E-state index in [0.29, 0.717) is 0 Å². The molecule has 0 spiro atoms. The highest BCUT2D eigenvalue weighted by Gasteiger charge is 2.07. The maximum atomic E-state index is 4.52. The number of hydrogen-bond acceptors (Lipinski definition) is 2. The molecule has 20 heavy (non-hydrogen) atoms. The van der Waals surface area contributed by atoms with Gasteiger partial charge in [0.1, 0.15) is 5.82 Å². The number of rotatable bonds is 5. The molecule has 0 amide bonds. The Morgan fingerprint density at radius 2 is 1.95 bits per heavy atom. The van der Waals surface area contributed by atoms with Crippen LogP contribution in [0.5, 0.6) is 0 Å². The molecule has 3 rings (SSSR count). The van der Waals surface area contributed by atoms with Crippen LogP contribution in [0.15, 0.2) is 48.7 Å². The lowest BCUT2D eigenvalue weighted by Gasteiger charge is -2.04. The molecule has 1 heterocycles. The average molecular weight is 265 g/mol. The molecule has 0 saturated heterocycles. The fourth-order valence-corrected chi connectivity index (χ4v) is 2.42. The zero-order valence-electron chi connectivity index (χ0n) is 11.7. The Bertz CT molecular complexity index is 695. The highest BCUT2D eigenvalue weighted by molar-refractivity contribution is 5.95. The molecule has 3 nitrogen and oxygen atoms in total. The summed E-state index contributed by atoms with van der Waals surface area (Å²) in [4.78, 5) is 7.93. The van der Waals surface area contributed by atoms with Crippen molar-refractivity contribution >= 4 is 10.8 Å². The summed E-state index contributed by atoms with van der Waals surface area (Å²) < 4.78 is 0. The third-order valence-electron chi connectivity index (χ3n) is 3.42. The van der Waals surface area contributed by atoms with Crippen molar-refractivity contribution < 1.29 is 0 Å². The molecular formula is C17H19N3. The highest BCUT2D eigenvalue weighted by Crippen LogP contribution is 2.26. The van der Waals surface area contributed by atoms with Crippen LogP contribution in [0.25, 0.3) is 22.2 Å². The number of nitrogens with zero attached hydrogens (tertiary/aromatic N) is 1. The summed E-state index contributed by atoms with van der Waals surface area (Å²) in [5.74, 6) is 0.940. The highest BCUT2D eigenvalue weighted by atomic mass is 15.0. The summed E-state index contributed by atoms with van der Waals surface area (Å²) in [6.07, 6.45) is 3.06. The van der Waals surface area contributed by atoms with Crippen LogP contribution in [0.1, 0.15) is 19.0 Å². The summed E-state index contributed by atoms with van der Waals surface area (Å²) in [5, 5.41) is 5.86. The normalized spacial score (nSPS) is 11.1. The Labute approximate surface area is 119 Å². The fourth-order valence-electron chi connectivity index (χ4n) is 2.42. The van der Waals surface area contributed by atoms with Gasteiger partial charge in [0.25, 0.3) is 0 Å². The molecule has 0 radical (unpaired) electrons. The molecule has 0 aliphatic heterocycles. The van der Waals surface area contributed by atoms with Crippen LogP contribution in [-0.4, -0.2) is 16.5 Å². The molecule has 3 heteroatoms. The molecule has 102 valence electrons. The number of H-pyrrole nitrogens is 1. The lowest BCUT2D eigenvalue weighted by molar-refractivity contribution is 0.667. The van der Waals surface area contributed by atoms with Crippen LogP contribution in [0.2, 0.25) is 0 Å². The quantitative estimate of drug-likeness (QED) is 0.690. The van der Waals surface area contributed by atoms with Gasteiger partial charge >= 0.3 is 0 Å². The molecule has 2 aromatic carbocycles. The molecule has 0 aliphatic rings. The van der Waals surface area contributed by atoms with E-state index in [1.807, 2.05) is 6.20 Å². The van der Waals surface area contributed by atoms with Crippen LogP contribution >= 0.6 is 0 Å². The standard InChI is InChI=1S/C17H19N3/c1-2-10-18-11-14-12-19-17(20-14)16-9-5-7-13-6-3-4-8-15(13)16/h3-9,12,18H,2,10-11H2,1H3,(H,19,20). The minimum absolute atomic E-state index is 0.839. The largest absolute Gasteiger partial charge is 0.341 e. The predicted octanol–water partition coefficient (Wildman–Crippen LogP) is 3.73. The molecular weight excluding hydrogens is 246 g/mol. The summed E-state index contributed by atoms with van der Waals surface area (Å²) in [6, 6.07) is 14.7. The maximum Gasteiger partial charge on any atom is 0.138 e. The van der Waals surface area contributed by atoms with E-state index in [1.165, 1.54) is 10.8 Å². The minimum atomic E-state index is 0.839. The molecule has 0 fully saturated rings. The zero-order valence-corrected chi connectivity index (χ0v) is 11.7. The van der Waals surface area contributed by atoms with E-state index in [4.69, 9.17) is 0 Å². The first-order chi connectivity index (χ1) is 9.88. The summed E-state index contributed by atoms with van der Waals surface area (Å²) in [6.45, 7) is 4.04. The van der Waals surface area contributed by atoms with Crippen LogP contribution in [0.4, 0.5) is 0 Å². The second kappa shape index (κ2) is 5.88. The van der Waals surface area contributed by atoms with Gasteiger partial charge in [0.05, 0.1) is 0 Å². The molecule has 3 aromatic rings. The van der Waals surface area contributed by atoms with Crippen LogP contribution in [0, 0.1) is 0 Å². The average Bonchev–Trinajstić information content (AvgIpc) is 2.96. The fraction of sp³-hybridized carbons (Fsp3) is 0.235. The molecule has 0 saturated carbocycles. The Balaban J connectivity index is 1.91. The first-order valence-corrected chi connectivity index (χ1v) is 7.11. The Kier molecular flexibility index (Phi) is 3.79. The smallest absolute Gasteiger partial charge is 0.138 e. The second-order valence-electron chi connectivity index (χ2n) is 4.96. The van der Waals surface area contributed by atoms with Gasteiger partial charge in [0.15, 0.2) is 0 Å². The van der Waals surface area contributed by atoms with Crippen molar-refractivity contribution in [1.29, 1.82) is 0 Å². The number of hydrogen-bond donors (Lipinski definition) is 2. The van der Waals surface area contributed by atoms with E-state index >= 15 is 0 Å². The Morgan fingerprint density at radius 3 is 2.85 bits per heavy atom.